The van der Waals surface area contributed by atoms with Crippen molar-refractivity contribution < 1.29 is 24.8 Å². The van der Waals surface area contributed by atoms with Crippen LogP contribution in [0.2, 0.25) is 0 Å². The number of hydrogen-bond donors (Lipinski definition) is 3. The van der Waals surface area contributed by atoms with Gasteiger partial charge in [-0.2, -0.15) is 0 Å². The van der Waals surface area contributed by atoms with Crippen LogP contribution in [0.5, 0.6) is 0 Å². The highest BCUT2D eigenvalue weighted by Gasteiger charge is 2.71. The standard InChI is InChI=1S/C32H56O5/c1-9-36-29(5,6)26(34)21-17-19(2)24-25(37-21)27(35)31(8)20-11-12-22-28(3,4)23(33)13-16-32(22,18-20)15-10-14-30(24,31)7/h19-27,33-35H,9-18H2,1-8H3. The van der Waals surface area contributed by atoms with Gasteiger partial charge < -0.3 is 24.8 Å². The van der Waals surface area contributed by atoms with Crippen molar-refractivity contribution in [3.63, 3.8) is 0 Å². The molecule has 2 bridgehead atoms. The van der Waals surface area contributed by atoms with E-state index in [2.05, 4.69) is 34.6 Å². The summed E-state index contributed by atoms with van der Waals surface area (Å²) >= 11 is 0. The normalized spacial score (nSPS) is 52.3. The number of aliphatic hydroxyl groups is 3. The molecule has 12 atom stereocenters. The second-order valence-corrected chi connectivity index (χ2v) is 15.6. The molecule has 5 aliphatic rings. The predicted octanol–water partition coefficient (Wildman–Crippen LogP) is 5.73. The molecule has 1 spiro atoms. The molecule has 0 radical (unpaired) electrons. The van der Waals surface area contributed by atoms with Crippen molar-refractivity contribution in [1.82, 2.24) is 0 Å². The molecule has 5 fully saturated rings. The molecule has 5 rings (SSSR count). The highest BCUT2D eigenvalue weighted by Crippen LogP contribution is 2.73. The Morgan fingerprint density at radius 1 is 1.03 bits per heavy atom. The minimum absolute atomic E-state index is 0.00463. The molecule has 37 heavy (non-hydrogen) atoms. The van der Waals surface area contributed by atoms with E-state index >= 15 is 0 Å². The van der Waals surface area contributed by atoms with Crippen molar-refractivity contribution in [3.05, 3.63) is 0 Å². The number of aliphatic hydroxyl groups excluding tert-OH is 3. The lowest BCUT2D eigenvalue weighted by atomic mass is 9.41. The highest BCUT2D eigenvalue weighted by molar-refractivity contribution is 5.20. The molecule has 1 heterocycles. The van der Waals surface area contributed by atoms with E-state index in [0.29, 0.717) is 30.3 Å². The topological polar surface area (TPSA) is 79.2 Å². The van der Waals surface area contributed by atoms with E-state index in [1.165, 1.54) is 19.3 Å². The summed E-state index contributed by atoms with van der Waals surface area (Å²) in [4.78, 5) is 0. The summed E-state index contributed by atoms with van der Waals surface area (Å²) in [6.07, 6.45) is 7.83. The zero-order chi connectivity index (χ0) is 27.2. The van der Waals surface area contributed by atoms with Crippen LogP contribution in [0.4, 0.5) is 0 Å². The van der Waals surface area contributed by atoms with E-state index in [0.717, 1.165) is 38.5 Å². The monoisotopic (exact) mass is 520 g/mol. The largest absolute Gasteiger partial charge is 0.393 e. The van der Waals surface area contributed by atoms with Gasteiger partial charge in [-0.3, -0.25) is 0 Å². The SMILES string of the molecule is CCOC(C)(C)C(O)C1CC(C)C2C(O1)C(O)C1(C)C3CCC4C(CCCC21C)(CCC(O)C4(C)C)C3. The van der Waals surface area contributed by atoms with E-state index in [-0.39, 0.29) is 40.0 Å². The summed E-state index contributed by atoms with van der Waals surface area (Å²) in [5.41, 5.74) is -0.650. The number of fused-ring (bicyclic) bond motifs is 5. The Bertz CT molecular complexity index is 856. The van der Waals surface area contributed by atoms with Gasteiger partial charge in [0.05, 0.1) is 30.0 Å². The Kier molecular flexibility index (Phi) is 7.01. The molecule has 0 aromatic carbocycles. The van der Waals surface area contributed by atoms with Gasteiger partial charge in [0.25, 0.3) is 0 Å². The number of rotatable bonds is 4. The van der Waals surface area contributed by atoms with E-state index in [1.54, 1.807) is 0 Å². The molecular weight excluding hydrogens is 464 g/mol. The van der Waals surface area contributed by atoms with Crippen molar-refractivity contribution >= 4 is 0 Å². The third-order valence-corrected chi connectivity index (χ3v) is 13.5. The average Bonchev–Trinajstić information content (AvgIpc) is 2.99. The summed E-state index contributed by atoms with van der Waals surface area (Å²) in [5.74, 6) is 1.68. The molecule has 4 saturated carbocycles. The van der Waals surface area contributed by atoms with Crippen molar-refractivity contribution in [3.8, 4) is 0 Å². The minimum Gasteiger partial charge on any atom is -0.393 e. The molecule has 3 N–H and O–H groups in total. The van der Waals surface area contributed by atoms with E-state index < -0.39 is 17.8 Å². The smallest absolute Gasteiger partial charge is 0.108 e. The zero-order valence-electron chi connectivity index (χ0n) is 24.9. The fraction of sp³-hybridized carbons (Fsp3) is 1.00. The fourth-order valence-electron chi connectivity index (χ4n) is 11.3. The number of hydrogen-bond acceptors (Lipinski definition) is 5. The summed E-state index contributed by atoms with van der Waals surface area (Å²) < 4.78 is 12.7. The van der Waals surface area contributed by atoms with Crippen LogP contribution < -0.4 is 0 Å². The minimum atomic E-state index is -0.730. The Hall–Kier alpha value is -0.200. The first kappa shape index (κ1) is 28.3. The van der Waals surface area contributed by atoms with Gasteiger partial charge in [-0.1, -0.05) is 41.0 Å². The van der Waals surface area contributed by atoms with Gasteiger partial charge in [-0.15, -0.1) is 0 Å². The van der Waals surface area contributed by atoms with Crippen LogP contribution in [0.1, 0.15) is 113 Å². The maximum Gasteiger partial charge on any atom is 0.108 e. The summed E-state index contributed by atoms with van der Waals surface area (Å²) in [6.45, 7) is 18.2. The maximum atomic E-state index is 12.3. The van der Waals surface area contributed by atoms with Crippen LogP contribution in [0.3, 0.4) is 0 Å². The fourth-order valence-corrected chi connectivity index (χ4v) is 11.3. The molecule has 0 aromatic rings. The molecule has 0 amide bonds. The molecule has 4 aliphatic carbocycles. The molecular formula is C32H56O5. The summed E-state index contributed by atoms with van der Waals surface area (Å²) in [6, 6.07) is 0. The van der Waals surface area contributed by atoms with E-state index in [1.807, 2.05) is 20.8 Å². The number of ether oxygens (including phenoxy) is 2. The summed E-state index contributed by atoms with van der Waals surface area (Å²) in [7, 11) is 0. The van der Waals surface area contributed by atoms with Crippen LogP contribution in [0.15, 0.2) is 0 Å². The first-order valence-corrected chi connectivity index (χ1v) is 15.5. The Balaban J connectivity index is 1.47. The second-order valence-electron chi connectivity index (χ2n) is 15.6. The molecule has 214 valence electrons. The van der Waals surface area contributed by atoms with Crippen LogP contribution in [-0.4, -0.2) is 58.0 Å². The van der Waals surface area contributed by atoms with E-state index in [9.17, 15) is 15.3 Å². The predicted molar refractivity (Wildman–Crippen MR) is 146 cm³/mol. The van der Waals surface area contributed by atoms with Gasteiger partial charge in [0.1, 0.15) is 6.10 Å². The first-order chi connectivity index (χ1) is 17.2. The lowest BCUT2D eigenvalue weighted by Crippen LogP contribution is -2.58. The maximum absolute atomic E-state index is 12.3. The first-order valence-electron chi connectivity index (χ1n) is 15.5. The molecule has 5 nitrogen and oxygen atoms in total. The quantitative estimate of drug-likeness (QED) is 0.441. The van der Waals surface area contributed by atoms with Crippen molar-refractivity contribution in [2.75, 3.05) is 6.61 Å². The van der Waals surface area contributed by atoms with Crippen LogP contribution in [0, 0.1) is 45.3 Å². The lowest BCUT2D eigenvalue weighted by Gasteiger charge is -2.64. The van der Waals surface area contributed by atoms with Gasteiger partial charge >= 0.3 is 0 Å². The highest BCUT2D eigenvalue weighted by atomic mass is 16.5. The van der Waals surface area contributed by atoms with Gasteiger partial charge in [0.2, 0.25) is 0 Å². The van der Waals surface area contributed by atoms with Crippen molar-refractivity contribution in [1.29, 1.82) is 0 Å². The molecule has 1 aliphatic heterocycles. The van der Waals surface area contributed by atoms with Crippen LogP contribution in [0.25, 0.3) is 0 Å². The lowest BCUT2D eigenvalue weighted by molar-refractivity contribution is -0.212. The van der Waals surface area contributed by atoms with Gasteiger partial charge in [-0.05, 0) is 112 Å². The van der Waals surface area contributed by atoms with Crippen molar-refractivity contribution in [2.24, 2.45) is 45.3 Å². The second kappa shape index (κ2) is 9.16. The molecule has 12 unspecified atom stereocenters. The third kappa shape index (κ3) is 3.87. The molecule has 5 heteroatoms. The van der Waals surface area contributed by atoms with Crippen LogP contribution in [-0.2, 0) is 9.47 Å². The zero-order valence-corrected chi connectivity index (χ0v) is 24.9. The van der Waals surface area contributed by atoms with E-state index in [4.69, 9.17) is 9.47 Å². The molecule has 0 aromatic heterocycles. The Morgan fingerprint density at radius 2 is 1.73 bits per heavy atom. The Labute approximate surface area is 226 Å². The van der Waals surface area contributed by atoms with Gasteiger partial charge in [0.15, 0.2) is 0 Å². The van der Waals surface area contributed by atoms with Gasteiger partial charge in [0, 0.05) is 12.0 Å². The van der Waals surface area contributed by atoms with Crippen molar-refractivity contribution in [2.45, 2.75) is 149 Å². The van der Waals surface area contributed by atoms with Gasteiger partial charge in [-0.25, -0.2) is 0 Å². The Morgan fingerprint density at radius 3 is 2.41 bits per heavy atom. The van der Waals surface area contributed by atoms with Crippen LogP contribution >= 0.6 is 0 Å². The third-order valence-electron chi connectivity index (χ3n) is 13.5. The molecule has 1 saturated heterocycles. The average molecular weight is 521 g/mol. The summed E-state index contributed by atoms with van der Waals surface area (Å²) in [5, 5.41) is 34.5.